The molecule has 0 saturated carbocycles. The summed E-state index contributed by atoms with van der Waals surface area (Å²) < 4.78 is 0. The van der Waals surface area contributed by atoms with Gasteiger partial charge in [0.15, 0.2) is 0 Å². The number of rotatable bonds is 2. The molecule has 0 aliphatic carbocycles. The molecule has 0 aromatic carbocycles. The Labute approximate surface area is 119 Å². The van der Waals surface area contributed by atoms with Gasteiger partial charge in [0.05, 0.1) is 0 Å². The molecule has 2 atom stereocenters. The summed E-state index contributed by atoms with van der Waals surface area (Å²) in [5.74, 6) is -0.00538. The molecular formula is C14H19N3OS. The third kappa shape index (κ3) is 2.92. The van der Waals surface area contributed by atoms with Gasteiger partial charge in [-0.15, -0.1) is 0 Å². The van der Waals surface area contributed by atoms with E-state index in [1.54, 1.807) is 18.3 Å². The maximum atomic E-state index is 12.5. The number of amides is 1. The molecule has 0 spiro atoms. The van der Waals surface area contributed by atoms with Gasteiger partial charge in [0.2, 0.25) is 0 Å². The maximum absolute atomic E-state index is 12.5. The molecular weight excluding hydrogens is 258 g/mol. The highest BCUT2D eigenvalue weighted by Crippen LogP contribution is 2.24. The predicted octanol–water partition coefficient (Wildman–Crippen LogP) is 2.12. The van der Waals surface area contributed by atoms with Crippen molar-refractivity contribution in [2.45, 2.75) is 45.2 Å². The number of thiocarbonyl (C=S) groups is 1. The molecule has 1 aromatic rings. The summed E-state index contributed by atoms with van der Waals surface area (Å²) >= 11 is 4.88. The zero-order valence-electron chi connectivity index (χ0n) is 11.3. The number of carbonyl (C=O) groups is 1. The largest absolute Gasteiger partial charge is 0.389 e. The Bertz CT molecular complexity index is 476. The van der Waals surface area contributed by atoms with Crippen molar-refractivity contribution < 1.29 is 4.79 Å². The highest BCUT2D eigenvalue weighted by atomic mass is 32.1. The third-order valence-corrected chi connectivity index (χ3v) is 3.93. The first kappa shape index (κ1) is 13.9. The van der Waals surface area contributed by atoms with Crippen LogP contribution in [0.5, 0.6) is 0 Å². The standard InChI is InChI=1S/C14H19N3OS/c1-9-4-3-5-10(2)17(9)14(18)12-7-6-11(8-16-12)13(15)19/h6-10H,3-5H2,1-2H3,(H2,15,19). The van der Waals surface area contributed by atoms with E-state index in [1.165, 1.54) is 6.42 Å². The molecule has 2 heterocycles. The van der Waals surface area contributed by atoms with Gasteiger partial charge in [-0.1, -0.05) is 12.2 Å². The van der Waals surface area contributed by atoms with Crippen molar-refractivity contribution in [3.8, 4) is 0 Å². The van der Waals surface area contributed by atoms with E-state index in [0.717, 1.165) is 12.8 Å². The fourth-order valence-corrected chi connectivity index (χ4v) is 2.74. The number of pyridine rings is 1. The zero-order chi connectivity index (χ0) is 14.0. The average Bonchev–Trinajstić information content (AvgIpc) is 2.38. The number of aromatic nitrogens is 1. The van der Waals surface area contributed by atoms with Gasteiger partial charge < -0.3 is 10.6 Å². The highest BCUT2D eigenvalue weighted by Gasteiger charge is 2.30. The van der Waals surface area contributed by atoms with Crippen molar-refractivity contribution in [3.05, 3.63) is 29.6 Å². The summed E-state index contributed by atoms with van der Waals surface area (Å²) in [5.41, 5.74) is 6.67. The maximum Gasteiger partial charge on any atom is 0.272 e. The van der Waals surface area contributed by atoms with E-state index in [9.17, 15) is 4.79 Å². The van der Waals surface area contributed by atoms with Crippen LogP contribution in [0.2, 0.25) is 0 Å². The van der Waals surface area contributed by atoms with E-state index < -0.39 is 0 Å². The molecule has 0 radical (unpaired) electrons. The number of carbonyl (C=O) groups excluding carboxylic acids is 1. The van der Waals surface area contributed by atoms with Crippen LogP contribution in [0.15, 0.2) is 18.3 Å². The van der Waals surface area contributed by atoms with Gasteiger partial charge in [0.1, 0.15) is 10.7 Å². The molecule has 0 bridgehead atoms. The first-order chi connectivity index (χ1) is 9.00. The van der Waals surface area contributed by atoms with Gasteiger partial charge in [-0.05, 0) is 45.2 Å². The van der Waals surface area contributed by atoms with Crippen molar-refractivity contribution in [2.24, 2.45) is 5.73 Å². The Kier molecular flexibility index (Phi) is 4.14. The predicted molar refractivity (Wildman–Crippen MR) is 79.1 cm³/mol. The van der Waals surface area contributed by atoms with E-state index in [-0.39, 0.29) is 18.0 Å². The van der Waals surface area contributed by atoms with Crippen molar-refractivity contribution in [1.29, 1.82) is 0 Å². The second kappa shape index (κ2) is 5.65. The normalized spacial score (nSPS) is 23.2. The molecule has 2 unspecified atom stereocenters. The lowest BCUT2D eigenvalue weighted by Crippen LogP contribution is -2.47. The van der Waals surface area contributed by atoms with Crippen LogP contribution >= 0.6 is 12.2 Å². The number of hydrogen-bond donors (Lipinski definition) is 1. The number of piperidine rings is 1. The first-order valence-corrected chi connectivity index (χ1v) is 7.00. The molecule has 102 valence electrons. The summed E-state index contributed by atoms with van der Waals surface area (Å²) in [6.45, 7) is 4.19. The van der Waals surface area contributed by atoms with E-state index in [0.29, 0.717) is 16.2 Å². The smallest absolute Gasteiger partial charge is 0.272 e. The molecule has 2 rings (SSSR count). The number of nitrogens with two attached hydrogens (primary N) is 1. The minimum atomic E-state index is -0.00538. The molecule has 1 aliphatic heterocycles. The van der Waals surface area contributed by atoms with Crippen LogP contribution in [-0.4, -0.2) is 32.9 Å². The molecule has 1 saturated heterocycles. The third-order valence-electron chi connectivity index (χ3n) is 3.70. The fourth-order valence-electron chi connectivity index (χ4n) is 2.62. The summed E-state index contributed by atoms with van der Waals surface area (Å²) in [5, 5.41) is 0. The SMILES string of the molecule is CC1CCCC(C)N1C(=O)c1ccc(C(N)=S)cn1. The Morgan fingerprint density at radius 1 is 1.37 bits per heavy atom. The van der Waals surface area contributed by atoms with Crippen LogP contribution in [0.4, 0.5) is 0 Å². The number of likely N-dealkylation sites (tertiary alicyclic amines) is 1. The van der Waals surface area contributed by atoms with Crippen molar-refractivity contribution >= 4 is 23.1 Å². The number of hydrogen-bond acceptors (Lipinski definition) is 3. The zero-order valence-corrected chi connectivity index (χ0v) is 12.1. The average molecular weight is 277 g/mol. The topological polar surface area (TPSA) is 59.2 Å². The van der Waals surface area contributed by atoms with Gasteiger partial charge >= 0.3 is 0 Å². The summed E-state index contributed by atoms with van der Waals surface area (Å²) in [7, 11) is 0. The van der Waals surface area contributed by atoms with Crippen molar-refractivity contribution in [2.75, 3.05) is 0 Å². The second-order valence-corrected chi connectivity index (χ2v) is 5.58. The Morgan fingerprint density at radius 2 is 2.00 bits per heavy atom. The van der Waals surface area contributed by atoms with Crippen LogP contribution in [0.1, 0.15) is 49.2 Å². The molecule has 1 aromatic heterocycles. The molecule has 5 heteroatoms. The first-order valence-electron chi connectivity index (χ1n) is 6.59. The summed E-state index contributed by atoms with van der Waals surface area (Å²) in [4.78, 5) is 18.9. The minimum Gasteiger partial charge on any atom is -0.389 e. The summed E-state index contributed by atoms with van der Waals surface area (Å²) in [6.07, 6.45) is 4.86. The van der Waals surface area contributed by atoms with Crippen molar-refractivity contribution in [1.82, 2.24) is 9.88 Å². The Balaban J connectivity index is 2.20. The summed E-state index contributed by atoms with van der Waals surface area (Å²) in [6, 6.07) is 3.99. The molecule has 19 heavy (non-hydrogen) atoms. The monoisotopic (exact) mass is 277 g/mol. The highest BCUT2D eigenvalue weighted by molar-refractivity contribution is 7.80. The lowest BCUT2D eigenvalue weighted by Gasteiger charge is -2.38. The quantitative estimate of drug-likeness (QED) is 0.841. The van der Waals surface area contributed by atoms with Crippen molar-refractivity contribution in [3.63, 3.8) is 0 Å². The Hall–Kier alpha value is -1.49. The molecule has 4 nitrogen and oxygen atoms in total. The van der Waals surface area contributed by atoms with E-state index in [1.807, 2.05) is 4.90 Å². The Morgan fingerprint density at radius 3 is 2.47 bits per heavy atom. The molecule has 1 amide bonds. The van der Waals surface area contributed by atoms with Gasteiger partial charge in [0.25, 0.3) is 5.91 Å². The number of nitrogens with zero attached hydrogens (tertiary/aromatic N) is 2. The van der Waals surface area contributed by atoms with Crippen LogP contribution < -0.4 is 5.73 Å². The van der Waals surface area contributed by atoms with E-state index >= 15 is 0 Å². The fraction of sp³-hybridized carbons (Fsp3) is 0.500. The molecule has 2 N–H and O–H groups in total. The minimum absolute atomic E-state index is 0.00538. The lowest BCUT2D eigenvalue weighted by atomic mass is 9.97. The van der Waals surface area contributed by atoms with Gasteiger partial charge in [-0.25, -0.2) is 0 Å². The molecule has 1 fully saturated rings. The van der Waals surface area contributed by atoms with E-state index in [2.05, 4.69) is 18.8 Å². The van der Waals surface area contributed by atoms with Crippen LogP contribution in [-0.2, 0) is 0 Å². The molecule has 1 aliphatic rings. The second-order valence-electron chi connectivity index (χ2n) is 5.14. The van der Waals surface area contributed by atoms with Gasteiger partial charge in [-0.3, -0.25) is 9.78 Å². The van der Waals surface area contributed by atoms with Crippen LogP contribution in [0, 0.1) is 0 Å². The lowest BCUT2D eigenvalue weighted by molar-refractivity contribution is 0.0504. The van der Waals surface area contributed by atoms with Gasteiger partial charge in [0, 0.05) is 23.8 Å². The van der Waals surface area contributed by atoms with Crippen LogP contribution in [0.25, 0.3) is 0 Å². The van der Waals surface area contributed by atoms with E-state index in [4.69, 9.17) is 18.0 Å². The van der Waals surface area contributed by atoms with Gasteiger partial charge in [-0.2, -0.15) is 0 Å². The van der Waals surface area contributed by atoms with Crippen LogP contribution in [0.3, 0.4) is 0 Å².